The van der Waals surface area contributed by atoms with Crippen molar-refractivity contribution in [3.05, 3.63) is 34.7 Å². The largest absolute Gasteiger partial charge is 0.329 e. The molecule has 190 valence electrons. The van der Waals surface area contributed by atoms with Gasteiger partial charge in [0.2, 0.25) is 0 Å². The molecule has 0 unspecified atom stereocenters. The molecular formula is C25H41N5O3S. The predicted octanol–water partition coefficient (Wildman–Crippen LogP) is 3.19. The maximum atomic E-state index is 13.5. The first-order valence-corrected chi connectivity index (χ1v) is 14.4. The molecule has 1 aromatic heterocycles. The molecule has 1 saturated carbocycles. The number of nitrogens with one attached hydrogen (secondary N) is 1. The van der Waals surface area contributed by atoms with Crippen LogP contribution in [0, 0.1) is 5.92 Å². The molecular weight excluding hydrogens is 450 g/mol. The van der Waals surface area contributed by atoms with Gasteiger partial charge in [-0.3, -0.25) is 9.13 Å². The van der Waals surface area contributed by atoms with Crippen molar-refractivity contribution in [2.45, 2.75) is 76.9 Å². The number of aromatic nitrogens is 2. The quantitative estimate of drug-likeness (QED) is 0.645. The molecule has 2 aromatic rings. The molecule has 1 N–H and O–H groups in total. The highest BCUT2D eigenvalue weighted by Gasteiger charge is 2.36. The highest BCUT2D eigenvalue weighted by molar-refractivity contribution is 7.87. The minimum absolute atomic E-state index is 0.0591. The van der Waals surface area contributed by atoms with Gasteiger partial charge in [-0.05, 0) is 44.2 Å². The van der Waals surface area contributed by atoms with E-state index in [0.717, 1.165) is 30.5 Å². The third-order valence-corrected chi connectivity index (χ3v) is 9.26. The summed E-state index contributed by atoms with van der Waals surface area (Å²) < 4.78 is 33.5. The van der Waals surface area contributed by atoms with Gasteiger partial charge in [0.1, 0.15) is 0 Å². The normalized spacial score (nSPS) is 23.9. The Balaban J connectivity index is 1.63. The third-order valence-electron chi connectivity index (χ3n) is 7.70. The first-order valence-electron chi connectivity index (χ1n) is 12.9. The molecule has 34 heavy (non-hydrogen) atoms. The maximum Gasteiger partial charge on any atom is 0.329 e. The second kappa shape index (κ2) is 10.9. The Labute approximate surface area is 204 Å². The van der Waals surface area contributed by atoms with Gasteiger partial charge in [0.05, 0.1) is 23.1 Å². The van der Waals surface area contributed by atoms with Crippen LogP contribution in [-0.4, -0.2) is 66.5 Å². The molecule has 8 nitrogen and oxygen atoms in total. The van der Waals surface area contributed by atoms with E-state index in [9.17, 15) is 13.2 Å². The van der Waals surface area contributed by atoms with E-state index >= 15 is 0 Å². The summed E-state index contributed by atoms with van der Waals surface area (Å²) in [5, 5.41) is 0. The fraction of sp³-hybridized carbons (Fsp3) is 0.720. The van der Waals surface area contributed by atoms with Gasteiger partial charge >= 0.3 is 5.69 Å². The monoisotopic (exact) mass is 491 g/mol. The van der Waals surface area contributed by atoms with Crippen LogP contribution in [0.2, 0.25) is 0 Å². The van der Waals surface area contributed by atoms with Gasteiger partial charge < -0.3 is 4.90 Å². The lowest BCUT2D eigenvalue weighted by Gasteiger charge is -2.41. The van der Waals surface area contributed by atoms with Gasteiger partial charge in [-0.25, -0.2) is 4.79 Å². The van der Waals surface area contributed by atoms with Crippen LogP contribution in [-0.2, 0) is 16.8 Å². The molecule has 1 aliphatic carbocycles. The summed E-state index contributed by atoms with van der Waals surface area (Å²) in [7, 11) is -0.550. The fourth-order valence-corrected chi connectivity index (χ4v) is 6.67. The number of nitrogens with zero attached hydrogens (tertiary/aromatic N) is 4. The summed E-state index contributed by atoms with van der Waals surface area (Å²) in [5.74, 6) is 0.674. The van der Waals surface area contributed by atoms with Crippen molar-refractivity contribution in [1.29, 1.82) is 0 Å². The first-order chi connectivity index (χ1) is 16.3. The molecule has 2 aliphatic rings. The topological polar surface area (TPSA) is 79.6 Å². The number of fused-ring (bicyclic) bond motifs is 1. The molecule has 0 radical (unpaired) electrons. The molecule has 4 rings (SSSR count). The zero-order valence-corrected chi connectivity index (χ0v) is 21.8. The Hall–Kier alpha value is -1.68. The average molecular weight is 492 g/mol. The molecule has 9 heteroatoms. The van der Waals surface area contributed by atoms with Crippen molar-refractivity contribution in [3.63, 3.8) is 0 Å². The predicted molar refractivity (Wildman–Crippen MR) is 137 cm³/mol. The minimum atomic E-state index is -3.64. The Morgan fingerprint density at radius 3 is 2.29 bits per heavy atom. The summed E-state index contributed by atoms with van der Waals surface area (Å²) in [6.07, 6.45) is 9.86. The standard InChI is InChI=1S/C25H41N5O3S/c1-4-29-23-14-10-11-15-24(23)30(25(29)31)22-16-17-28(18-20-12-8-6-5-7-9-13-20)19-21(22)26-34(32,33)27(2)3/h10-11,14-15,20-22,26H,4-9,12-13,16-19H2,1-3H3/t21-,22-/m0/s1. The molecule has 2 heterocycles. The SMILES string of the molecule is CCn1c(=O)n([C@H]2CCN(CC3CCCCCCC3)C[C@@H]2NS(=O)(=O)N(C)C)c2ccccc21. The molecule has 2 atom stereocenters. The van der Waals surface area contributed by atoms with E-state index in [-0.39, 0.29) is 17.8 Å². The Bertz CT molecular complexity index is 1120. The minimum Gasteiger partial charge on any atom is -0.301 e. The summed E-state index contributed by atoms with van der Waals surface area (Å²) in [6, 6.07) is 7.24. The average Bonchev–Trinajstić information content (AvgIpc) is 3.06. The number of para-hydroxylation sites is 2. The lowest BCUT2D eigenvalue weighted by Crippen LogP contribution is -2.56. The van der Waals surface area contributed by atoms with Crippen LogP contribution in [0.3, 0.4) is 0 Å². The van der Waals surface area contributed by atoms with Crippen molar-refractivity contribution in [2.75, 3.05) is 33.7 Å². The second-order valence-corrected chi connectivity index (χ2v) is 12.1. The molecule has 1 aromatic carbocycles. The van der Waals surface area contributed by atoms with Crippen molar-refractivity contribution < 1.29 is 8.42 Å². The van der Waals surface area contributed by atoms with E-state index in [0.29, 0.717) is 19.0 Å². The van der Waals surface area contributed by atoms with Gasteiger partial charge in [-0.1, -0.05) is 44.2 Å². The maximum absolute atomic E-state index is 13.5. The number of aryl methyl sites for hydroxylation is 1. The number of imidazole rings is 1. The lowest BCUT2D eigenvalue weighted by atomic mass is 9.89. The molecule has 0 bridgehead atoms. The molecule has 0 spiro atoms. The van der Waals surface area contributed by atoms with Gasteiger partial charge in [-0.2, -0.15) is 17.4 Å². The summed E-state index contributed by atoms with van der Waals surface area (Å²) in [6.45, 7) is 5.06. The molecule has 1 aliphatic heterocycles. The van der Waals surface area contributed by atoms with Crippen molar-refractivity contribution in [2.24, 2.45) is 5.92 Å². The van der Waals surface area contributed by atoms with E-state index in [1.807, 2.05) is 35.8 Å². The first kappa shape index (κ1) is 25.4. The van der Waals surface area contributed by atoms with E-state index in [1.165, 1.54) is 49.3 Å². The fourth-order valence-electron chi connectivity index (χ4n) is 5.84. The van der Waals surface area contributed by atoms with Crippen molar-refractivity contribution >= 4 is 21.2 Å². The van der Waals surface area contributed by atoms with E-state index in [1.54, 1.807) is 18.7 Å². The van der Waals surface area contributed by atoms with Crippen LogP contribution >= 0.6 is 0 Å². The lowest BCUT2D eigenvalue weighted by molar-refractivity contribution is 0.127. The van der Waals surface area contributed by atoms with Crippen LogP contribution in [0.5, 0.6) is 0 Å². The van der Waals surface area contributed by atoms with Gasteiger partial charge in [0, 0.05) is 40.3 Å². The van der Waals surface area contributed by atoms with E-state index in [2.05, 4.69) is 9.62 Å². The number of hydrogen-bond acceptors (Lipinski definition) is 4. The Morgan fingerprint density at radius 2 is 1.65 bits per heavy atom. The zero-order valence-electron chi connectivity index (χ0n) is 20.9. The van der Waals surface area contributed by atoms with Crippen molar-refractivity contribution in [1.82, 2.24) is 23.1 Å². The number of hydrogen-bond donors (Lipinski definition) is 1. The van der Waals surface area contributed by atoms with Crippen LogP contribution in [0.1, 0.15) is 64.3 Å². The Morgan fingerprint density at radius 1 is 1.00 bits per heavy atom. The van der Waals surface area contributed by atoms with Crippen molar-refractivity contribution in [3.8, 4) is 0 Å². The van der Waals surface area contributed by atoms with Crippen LogP contribution in [0.25, 0.3) is 11.0 Å². The summed E-state index contributed by atoms with van der Waals surface area (Å²) in [4.78, 5) is 15.9. The van der Waals surface area contributed by atoms with Gasteiger partial charge in [0.25, 0.3) is 10.2 Å². The van der Waals surface area contributed by atoms with Gasteiger partial charge in [-0.15, -0.1) is 0 Å². The zero-order chi connectivity index (χ0) is 24.3. The van der Waals surface area contributed by atoms with Crippen LogP contribution in [0.15, 0.2) is 29.1 Å². The van der Waals surface area contributed by atoms with Crippen LogP contribution in [0.4, 0.5) is 0 Å². The summed E-state index contributed by atoms with van der Waals surface area (Å²) >= 11 is 0. The molecule has 0 amide bonds. The number of piperidine rings is 1. The highest BCUT2D eigenvalue weighted by Crippen LogP contribution is 2.29. The van der Waals surface area contributed by atoms with E-state index in [4.69, 9.17) is 0 Å². The number of likely N-dealkylation sites (tertiary alicyclic amines) is 1. The van der Waals surface area contributed by atoms with Crippen LogP contribution < -0.4 is 10.4 Å². The van der Waals surface area contributed by atoms with E-state index < -0.39 is 10.2 Å². The number of benzene rings is 1. The molecule has 2 fully saturated rings. The highest BCUT2D eigenvalue weighted by atomic mass is 32.2. The molecule has 1 saturated heterocycles. The number of rotatable bonds is 7. The second-order valence-electron chi connectivity index (χ2n) is 10.2. The Kier molecular flexibility index (Phi) is 8.17. The summed E-state index contributed by atoms with van der Waals surface area (Å²) in [5.41, 5.74) is 1.72. The van der Waals surface area contributed by atoms with Gasteiger partial charge in [0.15, 0.2) is 0 Å². The third kappa shape index (κ3) is 5.42. The smallest absolute Gasteiger partial charge is 0.301 e.